The molecule has 0 amide bonds. The first kappa shape index (κ1) is 8.02. The second-order valence-electron chi connectivity index (χ2n) is 2.43. The van der Waals surface area contributed by atoms with Crippen LogP contribution in [0.15, 0.2) is 21.9 Å². The Bertz CT molecular complexity index is 203. The van der Waals surface area contributed by atoms with E-state index in [4.69, 9.17) is 0 Å². The number of thiol groups is 2. The van der Waals surface area contributed by atoms with Gasteiger partial charge in [0, 0.05) is 9.79 Å². The summed E-state index contributed by atoms with van der Waals surface area (Å²) in [6.45, 7) is 4.09. The fourth-order valence-electron chi connectivity index (χ4n) is 0.830. The average molecular weight is 170 g/mol. The Balaban J connectivity index is 3.28. The zero-order chi connectivity index (χ0) is 7.72. The third-order valence-electron chi connectivity index (χ3n) is 1.51. The molecule has 0 unspecified atom stereocenters. The number of aryl methyl sites for hydroxylation is 2. The fourth-order valence-corrected chi connectivity index (χ4v) is 1.32. The van der Waals surface area contributed by atoms with Gasteiger partial charge >= 0.3 is 0 Å². The summed E-state index contributed by atoms with van der Waals surface area (Å²) in [6, 6.07) is 4.06. The van der Waals surface area contributed by atoms with Crippen LogP contribution in [-0.4, -0.2) is 0 Å². The van der Waals surface area contributed by atoms with Gasteiger partial charge in [0.1, 0.15) is 0 Å². The molecule has 0 spiro atoms. The van der Waals surface area contributed by atoms with Gasteiger partial charge in [-0.3, -0.25) is 0 Å². The van der Waals surface area contributed by atoms with Gasteiger partial charge in [-0.15, -0.1) is 25.3 Å². The molecular weight excluding hydrogens is 160 g/mol. The molecule has 0 fully saturated rings. The van der Waals surface area contributed by atoms with Gasteiger partial charge in [-0.1, -0.05) is 6.07 Å². The fraction of sp³-hybridized carbons (Fsp3) is 0.250. The van der Waals surface area contributed by atoms with E-state index in [-0.39, 0.29) is 0 Å². The molecule has 0 heterocycles. The molecule has 0 nitrogen and oxygen atoms in total. The smallest absolute Gasteiger partial charge is 0.00804 e. The molecule has 0 radical (unpaired) electrons. The molecule has 1 aromatic rings. The number of hydrogen-bond donors (Lipinski definition) is 2. The van der Waals surface area contributed by atoms with Crippen LogP contribution in [0.25, 0.3) is 0 Å². The van der Waals surface area contributed by atoms with Gasteiger partial charge < -0.3 is 0 Å². The number of benzene rings is 1. The molecule has 0 saturated carbocycles. The SMILES string of the molecule is Cc1cc(C)c(S)cc1S. The van der Waals surface area contributed by atoms with E-state index in [1.165, 1.54) is 11.1 Å². The summed E-state index contributed by atoms with van der Waals surface area (Å²) in [5, 5.41) is 0. The second-order valence-corrected chi connectivity index (χ2v) is 3.39. The van der Waals surface area contributed by atoms with Crippen LogP contribution in [-0.2, 0) is 0 Å². The Kier molecular flexibility index (Phi) is 2.32. The maximum absolute atomic E-state index is 4.27. The van der Waals surface area contributed by atoms with Crippen molar-refractivity contribution in [1.82, 2.24) is 0 Å². The highest BCUT2D eigenvalue weighted by Crippen LogP contribution is 2.21. The van der Waals surface area contributed by atoms with E-state index >= 15 is 0 Å². The zero-order valence-electron chi connectivity index (χ0n) is 6.05. The van der Waals surface area contributed by atoms with Crippen LogP contribution >= 0.6 is 25.3 Å². The van der Waals surface area contributed by atoms with E-state index in [1.807, 2.05) is 19.9 Å². The highest BCUT2D eigenvalue weighted by Gasteiger charge is 1.96. The lowest BCUT2D eigenvalue weighted by atomic mass is 10.2. The van der Waals surface area contributed by atoms with Crippen LogP contribution in [0.4, 0.5) is 0 Å². The lowest BCUT2D eigenvalue weighted by Gasteiger charge is -2.02. The van der Waals surface area contributed by atoms with Gasteiger partial charge in [0.25, 0.3) is 0 Å². The molecule has 0 bridgehead atoms. The van der Waals surface area contributed by atoms with Crippen molar-refractivity contribution in [2.24, 2.45) is 0 Å². The number of hydrogen-bond acceptors (Lipinski definition) is 2. The van der Waals surface area contributed by atoms with Crippen LogP contribution in [0, 0.1) is 13.8 Å². The minimum absolute atomic E-state index is 1.01. The summed E-state index contributed by atoms with van der Waals surface area (Å²) >= 11 is 8.53. The van der Waals surface area contributed by atoms with Gasteiger partial charge in [0.05, 0.1) is 0 Å². The Morgan fingerprint density at radius 2 is 1.30 bits per heavy atom. The van der Waals surface area contributed by atoms with Crippen LogP contribution < -0.4 is 0 Å². The lowest BCUT2D eigenvalue weighted by Crippen LogP contribution is -1.80. The van der Waals surface area contributed by atoms with Crippen molar-refractivity contribution in [2.75, 3.05) is 0 Å². The van der Waals surface area contributed by atoms with Crippen molar-refractivity contribution in [1.29, 1.82) is 0 Å². The van der Waals surface area contributed by atoms with Crippen LogP contribution in [0.5, 0.6) is 0 Å². The molecule has 0 N–H and O–H groups in total. The molecule has 0 aliphatic heterocycles. The monoisotopic (exact) mass is 170 g/mol. The quantitative estimate of drug-likeness (QED) is 0.550. The van der Waals surface area contributed by atoms with E-state index in [0.717, 1.165) is 9.79 Å². The van der Waals surface area contributed by atoms with E-state index in [9.17, 15) is 0 Å². The van der Waals surface area contributed by atoms with Crippen molar-refractivity contribution in [2.45, 2.75) is 23.6 Å². The zero-order valence-corrected chi connectivity index (χ0v) is 7.84. The summed E-state index contributed by atoms with van der Waals surface area (Å²) in [5.41, 5.74) is 2.41. The standard InChI is InChI=1S/C8H10S2/c1-5-3-6(2)8(10)4-7(5)9/h3-4,9-10H,1-2H3. The highest BCUT2D eigenvalue weighted by atomic mass is 32.1. The lowest BCUT2D eigenvalue weighted by molar-refractivity contribution is 1.19. The molecule has 1 rings (SSSR count). The van der Waals surface area contributed by atoms with Gasteiger partial charge in [-0.25, -0.2) is 0 Å². The Hall–Kier alpha value is -0.0800. The second kappa shape index (κ2) is 2.89. The van der Waals surface area contributed by atoms with E-state index in [1.54, 1.807) is 0 Å². The van der Waals surface area contributed by atoms with E-state index in [0.29, 0.717) is 0 Å². The summed E-state index contributed by atoms with van der Waals surface area (Å²) in [4.78, 5) is 2.02. The number of rotatable bonds is 0. The highest BCUT2D eigenvalue weighted by molar-refractivity contribution is 7.81. The van der Waals surface area contributed by atoms with Crippen molar-refractivity contribution in [3.05, 3.63) is 23.3 Å². The first-order valence-electron chi connectivity index (χ1n) is 3.10. The molecular formula is C8H10S2. The Morgan fingerprint density at radius 3 is 1.60 bits per heavy atom. The third-order valence-corrected chi connectivity index (χ3v) is 2.48. The summed E-state index contributed by atoms with van der Waals surface area (Å²) < 4.78 is 0. The Morgan fingerprint density at radius 1 is 0.900 bits per heavy atom. The third kappa shape index (κ3) is 1.50. The summed E-state index contributed by atoms with van der Waals surface area (Å²) in [5.74, 6) is 0. The molecule has 0 aliphatic rings. The molecule has 0 atom stereocenters. The molecule has 0 saturated heterocycles. The minimum Gasteiger partial charge on any atom is -0.143 e. The summed E-state index contributed by atoms with van der Waals surface area (Å²) in [6.07, 6.45) is 0. The van der Waals surface area contributed by atoms with Crippen molar-refractivity contribution in [3.8, 4) is 0 Å². The van der Waals surface area contributed by atoms with Gasteiger partial charge in [0.15, 0.2) is 0 Å². The molecule has 0 aliphatic carbocycles. The largest absolute Gasteiger partial charge is 0.143 e. The predicted molar refractivity (Wildman–Crippen MR) is 50.4 cm³/mol. The normalized spacial score (nSPS) is 10.0. The molecule has 54 valence electrons. The van der Waals surface area contributed by atoms with Gasteiger partial charge in [-0.2, -0.15) is 0 Å². The first-order valence-corrected chi connectivity index (χ1v) is 4.00. The molecule has 2 heteroatoms. The van der Waals surface area contributed by atoms with Crippen LogP contribution in [0.2, 0.25) is 0 Å². The summed E-state index contributed by atoms with van der Waals surface area (Å²) in [7, 11) is 0. The first-order chi connectivity index (χ1) is 4.61. The average Bonchev–Trinajstić information content (AvgIpc) is 1.84. The minimum atomic E-state index is 1.01. The van der Waals surface area contributed by atoms with Crippen molar-refractivity contribution >= 4 is 25.3 Å². The van der Waals surface area contributed by atoms with Gasteiger partial charge in [0.2, 0.25) is 0 Å². The predicted octanol–water partition coefficient (Wildman–Crippen LogP) is 2.88. The maximum Gasteiger partial charge on any atom is 0.00804 e. The Labute approximate surface area is 72.5 Å². The molecule has 1 aromatic carbocycles. The maximum atomic E-state index is 4.27. The molecule has 10 heavy (non-hydrogen) atoms. The van der Waals surface area contributed by atoms with E-state index in [2.05, 4.69) is 31.3 Å². The van der Waals surface area contributed by atoms with Crippen LogP contribution in [0.3, 0.4) is 0 Å². The van der Waals surface area contributed by atoms with Crippen molar-refractivity contribution < 1.29 is 0 Å². The van der Waals surface area contributed by atoms with Crippen LogP contribution in [0.1, 0.15) is 11.1 Å². The van der Waals surface area contributed by atoms with Gasteiger partial charge in [-0.05, 0) is 31.0 Å². The topological polar surface area (TPSA) is 0 Å². The van der Waals surface area contributed by atoms with E-state index < -0.39 is 0 Å². The molecule has 0 aromatic heterocycles. The van der Waals surface area contributed by atoms with Crippen molar-refractivity contribution in [3.63, 3.8) is 0 Å².